The summed E-state index contributed by atoms with van der Waals surface area (Å²) in [6, 6.07) is 5.23. The summed E-state index contributed by atoms with van der Waals surface area (Å²) in [4.78, 5) is 4.05. The summed E-state index contributed by atoms with van der Waals surface area (Å²) in [7, 11) is -3.65. The third-order valence-corrected chi connectivity index (χ3v) is 4.55. The highest BCUT2D eigenvalue weighted by Gasteiger charge is 2.23. The van der Waals surface area contributed by atoms with E-state index in [0.29, 0.717) is 12.2 Å². The van der Waals surface area contributed by atoms with Gasteiger partial charge in [-0.05, 0) is 18.1 Å². The zero-order valence-corrected chi connectivity index (χ0v) is 11.8. The number of hydrogen-bond donors (Lipinski definition) is 2. The molecule has 0 fully saturated rings. The number of nitrogen functional groups attached to an aromatic ring is 1. The molecule has 0 aliphatic carbocycles. The van der Waals surface area contributed by atoms with Crippen molar-refractivity contribution in [2.75, 3.05) is 12.3 Å². The van der Waals surface area contributed by atoms with E-state index in [9.17, 15) is 8.42 Å². The first-order chi connectivity index (χ1) is 8.95. The Kier molecular flexibility index (Phi) is 3.77. The van der Waals surface area contributed by atoms with E-state index in [1.807, 2.05) is 13.8 Å². The molecule has 0 aliphatic rings. The van der Waals surface area contributed by atoms with E-state index in [4.69, 9.17) is 5.73 Å². The Balaban J connectivity index is 2.40. The lowest BCUT2D eigenvalue weighted by Gasteiger charge is -2.10. The summed E-state index contributed by atoms with van der Waals surface area (Å²) >= 11 is 0. The fourth-order valence-electron chi connectivity index (χ4n) is 1.72. The number of aromatic nitrogens is 2. The van der Waals surface area contributed by atoms with Crippen molar-refractivity contribution in [3.8, 4) is 0 Å². The molecule has 1 atom stereocenters. The molecule has 2 rings (SSSR count). The van der Waals surface area contributed by atoms with Crippen LogP contribution in [0.2, 0.25) is 0 Å². The van der Waals surface area contributed by atoms with Crippen molar-refractivity contribution in [2.45, 2.75) is 25.3 Å². The highest BCUT2D eigenvalue weighted by atomic mass is 32.2. The Morgan fingerprint density at radius 2 is 2.21 bits per heavy atom. The molecule has 0 bridgehead atoms. The van der Waals surface area contributed by atoms with E-state index < -0.39 is 10.0 Å². The normalized spacial score (nSPS) is 13.8. The molecule has 104 valence electrons. The second-order valence-electron chi connectivity index (χ2n) is 4.60. The quantitative estimate of drug-likeness (QED) is 0.863. The van der Waals surface area contributed by atoms with Crippen LogP contribution in [0.15, 0.2) is 29.4 Å². The second kappa shape index (κ2) is 5.18. The predicted molar refractivity (Wildman–Crippen MR) is 74.2 cm³/mol. The second-order valence-corrected chi connectivity index (χ2v) is 6.28. The number of nitrogens with zero attached hydrogens (tertiary/aromatic N) is 2. The van der Waals surface area contributed by atoms with Crippen molar-refractivity contribution >= 4 is 21.5 Å². The van der Waals surface area contributed by atoms with Crippen molar-refractivity contribution in [3.63, 3.8) is 0 Å². The van der Waals surface area contributed by atoms with Gasteiger partial charge in [0.05, 0.1) is 0 Å². The van der Waals surface area contributed by atoms with Crippen LogP contribution in [0.5, 0.6) is 0 Å². The topological polar surface area (TPSA) is 89.5 Å². The van der Waals surface area contributed by atoms with E-state index in [1.165, 1.54) is 4.40 Å². The minimum absolute atomic E-state index is 0.00593. The molecular formula is C12H18N4O2S. The van der Waals surface area contributed by atoms with Gasteiger partial charge in [-0.3, -0.25) is 4.40 Å². The standard InChI is InChI=1S/C12H18N4O2S/c1-3-9(2)8-14-19(17,18)12-11(13)15-10-6-4-5-7-16(10)12/h4-7,9,14H,3,8,13H2,1-2H3. The van der Waals surface area contributed by atoms with Gasteiger partial charge in [0.1, 0.15) is 5.65 Å². The average molecular weight is 282 g/mol. The first-order valence-corrected chi connectivity index (χ1v) is 7.66. The number of nitrogens with one attached hydrogen (secondary N) is 1. The van der Waals surface area contributed by atoms with Gasteiger partial charge in [-0.25, -0.2) is 18.1 Å². The van der Waals surface area contributed by atoms with Crippen molar-refractivity contribution in [2.24, 2.45) is 5.92 Å². The zero-order chi connectivity index (χ0) is 14.0. The van der Waals surface area contributed by atoms with Crippen LogP contribution in [0.1, 0.15) is 20.3 Å². The minimum Gasteiger partial charge on any atom is -0.381 e. The molecule has 1 unspecified atom stereocenters. The molecule has 0 radical (unpaired) electrons. The molecule has 7 heteroatoms. The fourth-order valence-corrected chi connectivity index (χ4v) is 3.10. The monoisotopic (exact) mass is 282 g/mol. The molecule has 2 heterocycles. The molecule has 2 aromatic rings. The number of hydrogen-bond acceptors (Lipinski definition) is 4. The Morgan fingerprint density at radius 1 is 1.47 bits per heavy atom. The predicted octanol–water partition coefficient (Wildman–Crippen LogP) is 1.24. The number of nitrogens with two attached hydrogens (primary N) is 1. The summed E-state index contributed by atoms with van der Waals surface area (Å²) in [5, 5.41) is 0.00593. The molecule has 2 aromatic heterocycles. The van der Waals surface area contributed by atoms with Crippen LogP contribution in [-0.2, 0) is 10.0 Å². The van der Waals surface area contributed by atoms with Crippen LogP contribution >= 0.6 is 0 Å². The molecule has 3 N–H and O–H groups in total. The molecule has 0 amide bonds. The number of anilines is 1. The maximum Gasteiger partial charge on any atom is 0.260 e. The lowest BCUT2D eigenvalue weighted by Crippen LogP contribution is -2.29. The Labute approximate surface area is 112 Å². The average Bonchev–Trinajstić information content (AvgIpc) is 2.72. The van der Waals surface area contributed by atoms with E-state index in [0.717, 1.165) is 6.42 Å². The van der Waals surface area contributed by atoms with Crippen LogP contribution in [0.3, 0.4) is 0 Å². The maximum atomic E-state index is 12.3. The first kappa shape index (κ1) is 13.8. The smallest absolute Gasteiger partial charge is 0.260 e. The highest BCUT2D eigenvalue weighted by Crippen LogP contribution is 2.19. The van der Waals surface area contributed by atoms with Crippen LogP contribution < -0.4 is 10.5 Å². The molecule has 0 spiro atoms. The van der Waals surface area contributed by atoms with Gasteiger partial charge in [0.25, 0.3) is 10.0 Å². The number of fused-ring (bicyclic) bond motifs is 1. The number of pyridine rings is 1. The van der Waals surface area contributed by atoms with Crippen LogP contribution in [0.25, 0.3) is 5.65 Å². The van der Waals surface area contributed by atoms with Gasteiger partial charge in [-0.1, -0.05) is 26.3 Å². The molecule has 0 saturated carbocycles. The van der Waals surface area contributed by atoms with Gasteiger partial charge in [-0.2, -0.15) is 0 Å². The fraction of sp³-hybridized carbons (Fsp3) is 0.417. The number of imidazole rings is 1. The Hall–Kier alpha value is -1.60. The van der Waals surface area contributed by atoms with Crippen molar-refractivity contribution in [3.05, 3.63) is 24.4 Å². The van der Waals surface area contributed by atoms with E-state index in [2.05, 4.69) is 9.71 Å². The lowest BCUT2D eigenvalue weighted by atomic mass is 10.1. The molecule has 0 aromatic carbocycles. The largest absolute Gasteiger partial charge is 0.381 e. The van der Waals surface area contributed by atoms with Gasteiger partial charge in [0.15, 0.2) is 10.8 Å². The Morgan fingerprint density at radius 3 is 2.89 bits per heavy atom. The number of sulfonamides is 1. The molecule has 0 saturated heterocycles. The van der Waals surface area contributed by atoms with Gasteiger partial charge >= 0.3 is 0 Å². The summed E-state index contributed by atoms with van der Waals surface area (Å²) in [6.45, 7) is 4.39. The molecule has 0 aliphatic heterocycles. The zero-order valence-electron chi connectivity index (χ0n) is 11.0. The summed E-state index contributed by atoms with van der Waals surface area (Å²) < 4.78 is 28.6. The van der Waals surface area contributed by atoms with Gasteiger partial charge in [0.2, 0.25) is 0 Å². The van der Waals surface area contributed by atoms with Crippen LogP contribution in [0.4, 0.5) is 5.82 Å². The SMILES string of the molecule is CCC(C)CNS(=O)(=O)c1c(N)nc2ccccn12. The van der Waals surface area contributed by atoms with E-state index >= 15 is 0 Å². The third kappa shape index (κ3) is 2.71. The summed E-state index contributed by atoms with van der Waals surface area (Å²) in [6.07, 6.45) is 2.54. The highest BCUT2D eigenvalue weighted by molar-refractivity contribution is 7.89. The summed E-state index contributed by atoms with van der Waals surface area (Å²) in [5.41, 5.74) is 6.24. The molecular weight excluding hydrogens is 264 g/mol. The van der Waals surface area contributed by atoms with Crippen LogP contribution in [0, 0.1) is 5.92 Å². The van der Waals surface area contributed by atoms with E-state index in [-0.39, 0.29) is 16.8 Å². The third-order valence-electron chi connectivity index (χ3n) is 3.08. The molecule has 6 nitrogen and oxygen atoms in total. The van der Waals surface area contributed by atoms with Gasteiger partial charge in [0, 0.05) is 12.7 Å². The van der Waals surface area contributed by atoms with Gasteiger partial charge in [-0.15, -0.1) is 0 Å². The first-order valence-electron chi connectivity index (χ1n) is 6.18. The number of rotatable bonds is 5. The van der Waals surface area contributed by atoms with Gasteiger partial charge < -0.3 is 5.73 Å². The van der Waals surface area contributed by atoms with Crippen molar-refractivity contribution < 1.29 is 8.42 Å². The van der Waals surface area contributed by atoms with Crippen molar-refractivity contribution in [1.82, 2.24) is 14.1 Å². The van der Waals surface area contributed by atoms with E-state index in [1.54, 1.807) is 24.4 Å². The molecule has 19 heavy (non-hydrogen) atoms. The maximum absolute atomic E-state index is 12.3. The minimum atomic E-state index is -3.65. The summed E-state index contributed by atoms with van der Waals surface area (Å²) in [5.74, 6) is 0.290. The lowest BCUT2D eigenvalue weighted by molar-refractivity contribution is 0.526. The van der Waals surface area contributed by atoms with Crippen LogP contribution in [-0.4, -0.2) is 24.3 Å². The Bertz CT molecular complexity index is 678. The van der Waals surface area contributed by atoms with Crippen molar-refractivity contribution in [1.29, 1.82) is 0 Å².